The minimum absolute atomic E-state index is 0.0187. The molecule has 1 aromatic carbocycles. The highest BCUT2D eigenvalue weighted by Gasteiger charge is 2.32. The number of rotatable bonds is 7. The number of hydrogen-bond acceptors (Lipinski definition) is 3. The SMILES string of the molecule is C[C@@](O)(CNC(=O)CNC(=O)Cc1cccc(F)c1)C1CCCCC1. The Labute approximate surface area is 148 Å². The van der Waals surface area contributed by atoms with Gasteiger partial charge < -0.3 is 15.7 Å². The smallest absolute Gasteiger partial charge is 0.239 e. The molecule has 25 heavy (non-hydrogen) atoms. The second-order valence-electron chi connectivity index (χ2n) is 7.05. The first-order valence-corrected chi connectivity index (χ1v) is 8.87. The molecule has 1 aliphatic carbocycles. The minimum Gasteiger partial charge on any atom is -0.388 e. The fourth-order valence-corrected chi connectivity index (χ4v) is 3.28. The number of amides is 2. The Kier molecular flexibility index (Phi) is 6.93. The number of carbonyl (C=O) groups excluding carboxylic acids is 2. The first kappa shape index (κ1) is 19.4. The molecular weight excluding hydrogens is 323 g/mol. The van der Waals surface area contributed by atoms with E-state index >= 15 is 0 Å². The number of hydrogen-bond donors (Lipinski definition) is 3. The lowest BCUT2D eigenvalue weighted by atomic mass is 9.78. The summed E-state index contributed by atoms with van der Waals surface area (Å²) in [6.07, 6.45) is 5.41. The van der Waals surface area contributed by atoms with Gasteiger partial charge in [0.05, 0.1) is 18.6 Å². The average molecular weight is 350 g/mol. The van der Waals surface area contributed by atoms with Crippen LogP contribution >= 0.6 is 0 Å². The summed E-state index contributed by atoms with van der Waals surface area (Å²) in [5.74, 6) is -0.888. The Hall–Kier alpha value is -1.95. The standard InChI is InChI=1S/C19H27FN2O3/c1-19(25,15-7-3-2-4-8-15)13-22-18(24)12-21-17(23)11-14-6-5-9-16(20)10-14/h5-6,9-10,15,25H,2-4,7-8,11-13H2,1H3,(H,21,23)(H,22,24)/t19-/m1/s1. The molecule has 1 atom stereocenters. The maximum Gasteiger partial charge on any atom is 0.239 e. The molecule has 0 aromatic heterocycles. The van der Waals surface area contributed by atoms with Crippen molar-refractivity contribution in [1.82, 2.24) is 10.6 Å². The molecule has 0 unspecified atom stereocenters. The van der Waals surface area contributed by atoms with Crippen LogP contribution in [0.3, 0.4) is 0 Å². The van der Waals surface area contributed by atoms with Crippen LogP contribution in [0.5, 0.6) is 0 Å². The Morgan fingerprint density at radius 2 is 1.92 bits per heavy atom. The largest absolute Gasteiger partial charge is 0.388 e. The van der Waals surface area contributed by atoms with E-state index in [1.54, 1.807) is 13.0 Å². The monoisotopic (exact) mass is 350 g/mol. The summed E-state index contributed by atoms with van der Waals surface area (Å²) in [5, 5.41) is 15.7. The minimum atomic E-state index is -0.929. The molecule has 6 heteroatoms. The summed E-state index contributed by atoms with van der Waals surface area (Å²) in [4.78, 5) is 23.7. The fraction of sp³-hybridized carbons (Fsp3) is 0.579. The Balaban J connectivity index is 1.70. The van der Waals surface area contributed by atoms with Gasteiger partial charge >= 0.3 is 0 Å². The molecule has 0 aliphatic heterocycles. The van der Waals surface area contributed by atoms with Crippen molar-refractivity contribution in [3.63, 3.8) is 0 Å². The molecule has 5 nitrogen and oxygen atoms in total. The molecule has 2 rings (SSSR count). The molecule has 0 saturated heterocycles. The highest BCUT2D eigenvalue weighted by molar-refractivity contribution is 5.85. The van der Waals surface area contributed by atoms with Gasteiger partial charge in [-0.2, -0.15) is 0 Å². The van der Waals surface area contributed by atoms with Crippen LogP contribution in [-0.4, -0.2) is 35.6 Å². The third-order valence-electron chi connectivity index (χ3n) is 4.83. The lowest BCUT2D eigenvalue weighted by molar-refractivity contribution is -0.126. The first-order valence-electron chi connectivity index (χ1n) is 8.87. The third kappa shape index (κ3) is 6.46. The topological polar surface area (TPSA) is 78.4 Å². The van der Waals surface area contributed by atoms with E-state index in [0.717, 1.165) is 25.7 Å². The van der Waals surface area contributed by atoms with Crippen molar-refractivity contribution in [3.05, 3.63) is 35.6 Å². The van der Waals surface area contributed by atoms with Crippen LogP contribution in [0.1, 0.15) is 44.6 Å². The second kappa shape index (κ2) is 8.94. The van der Waals surface area contributed by atoms with Gasteiger partial charge in [0.1, 0.15) is 5.82 Å². The van der Waals surface area contributed by atoms with Crippen LogP contribution in [0.15, 0.2) is 24.3 Å². The molecular formula is C19H27FN2O3. The van der Waals surface area contributed by atoms with Crippen LogP contribution in [0, 0.1) is 11.7 Å². The van der Waals surface area contributed by atoms with Gasteiger partial charge in [0.15, 0.2) is 0 Å². The maximum absolute atomic E-state index is 13.1. The van der Waals surface area contributed by atoms with Crippen molar-refractivity contribution in [1.29, 1.82) is 0 Å². The Morgan fingerprint density at radius 1 is 1.20 bits per heavy atom. The van der Waals surface area contributed by atoms with Crippen molar-refractivity contribution in [3.8, 4) is 0 Å². The first-order chi connectivity index (χ1) is 11.9. The Morgan fingerprint density at radius 3 is 2.60 bits per heavy atom. The normalized spacial score (nSPS) is 17.6. The molecule has 0 spiro atoms. The van der Waals surface area contributed by atoms with Crippen LogP contribution < -0.4 is 10.6 Å². The van der Waals surface area contributed by atoms with Crippen LogP contribution in [0.25, 0.3) is 0 Å². The molecule has 0 heterocycles. The van der Waals surface area contributed by atoms with Crippen molar-refractivity contribution in [2.75, 3.05) is 13.1 Å². The van der Waals surface area contributed by atoms with Crippen molar-refractivity contribution in [2.24, 2.45) is 5.92 Å². The number of carbonyl (C=O) groups is 2. The van der Waals surface area contributed by atoms with E-state index in [1.165, 1.54) is 24.6 Å². The lowest BCUT2D eigenvalue weighted by Gasteiger charge is -2.35. The summed E-state index contributed by atoms with van der Waals surface area (Å²) in [5.41, 5.74) is -0.375. The average Bonchev–Trinajstić information content (AvgIpc) is 2.59. The van der Waals surface area contributed by atoms with Crippen molar-refractivity contribution >= 4 is 11.8 Å². The second-order valence-corrected chi connectivity index (χ2v) is 7.05. The third-order valence-corrected chi connectivity index (χ3v) is 4.83. The van der Waals surface area contributed by atoms with E-state index < -0.39 is 11.4 Å². The van der Waals surface area contributed by atoms with Crippen LogP contribution in [-0.2, 0) is 16.0 Å². The highest BCUT2D eigenvalue weighted by atomic mass is 19.1. The number of nitrogens with one attached hydrogen (secondary N) is 2. The van der Waals surface area contributed by atoms with E-state index in [0.29, 0.717) is 5.56 Å². The van der Waals surface area contributed by atoms with Crippen LogP contribution in [0.2, 0.25) is 0 Å². The van der Waals surface area contributed by atoms with Gasteiger partial charge in [-0.15, -0.1) is 0 Å². The zero-order chi connectivity index (χ0) is 18.3. The molecule has 1 fully saturated rings. The van der Waals surface area contributed by atoms with Gasteiger partial charge in [0.25, 0.3) is 0 Å². The summed E-state index contributed by atoms with van der Waals surface area (Å²) in [6.45, 7) is 1.77. The predicted molar refractivity (Wildman–Crippen MR) is 93.3 cm³/mol. The van der Waals surface area contributed by atoms with E-state index in [9.17, 15) is 19.1 Å². The molecule has 0 bridgehead atoms. The van der Waals surface area contributed by atoms with Gasteiger partial charge in [0, 0.05) is 6.54 Å². The molecule has 0 radical (unpaired) electrons. The van der Waals surface area contributed by atoms with Crippen molar-refractivity contribution in [2.45, 2.75) is 51.0 Å². The molecule has 1 saturated carbocycles. The molecule has 138 valence electrons. The lowest BCUT2D eigenvalue weighted by Crippen LogP contribution is -2.48. The zero-order valence-electron chi connectivity index (χ0n) is 14.7. The zero-order valence-corrected chi connectivity index (χ0v) is 14.7. The number of benzene rings is 1. The molecule has 3 N–H and O–H groups in total. The molecule has 1 aliphatic rings. The summed E-state index contributed by atoms with van der Waals surface area (Å²) in [6, 6.07) is 5.80. The predicted octanol–water partition coefficient (Wildman–Crippen LogP) is 1.93. The molecule has 1 aromatic rings. The quantitative estimate of drug-likeness (QED) is 0.703. The van der Waals surface area contributed by atoms with E-state index in [-0.39, 0.29) is 37.2 Å². The summed E-state index contributed by atoms with van der Waals surface area (Å²) >= 11 is 0. The highest BCUT2D eigenvalue weighted by Crippen LogP contribution is 2.32. The summed E-state index contributed by atoms with van der Waals surface area (Å²) < 4.78 is 13.1. The van der Waals surface area contributed by atoms with Gasteiger partial charge in [-0.05, 0) is 43.4 Å². The van der Waals surface area contributed by atoms with Crippen molar-refractivity contribution < 1.29 is 19.1 Å². The van der Waals surface area contributed by atoms with E-state index in [1.807, 2.05) is 0 Å². The Bertz CT molecular complexity index is 598. The summed E-state index contributed by atoms with van der Waals surface area (Å²) in [7, 11) is 0. The van der Waals surface area contributed by atoms with Gasteiger partial charge in [-0.3, -0.25) is 9.59 Å². The van der Waals surface area contributed by atoms with Gasteiger partial charge in [-0.1, -0.05) is 31.4 Å². The molecule has 2 amide bonds. The van der Waals surface area contributed by atoms with Crippen LogP contribution in [0.4, 0.5) is 4.39 Å². The van der Waals surface area contributed by atoms with Gasteiger partial charge in [-0.25, -0.2) is 4.39 Å². The number of halogens is 1. The van der Waals surface area contributed by atoms with E-state index in [4.69, 9.17) is 0 Å². The number of aliphatic hydroxyl groups is 1. The van der Waals surface area contributed by atoms with Gasteiger partial charge in [0.2, 0.25) is 11.8 Å². The van der Waals surface area contributed by atoms with E-state index in [2.05, 4.69) is 10.6 Å². The fourth-order valence-electron chi connectivity index (χ4n) is 3.28. The maximum atomic E-state index is 13.1.